The smallest absolute Gasteiger partial charge is 0.224 e. The maximum Gasteiger partial charge on any atom is 0.224 e. The Hall–Kier alpha value is -3.16. The lowest BCUT2D eigenvalue weighted by molar-refractivity contribution is 0.241. The van der Waals surface area contributed by atoms with E-state index in [0.29, 0.717) is 23.3 Å². The van der Waals surface area contributed by atoms with E-state index in [1.54, 1.807) is 12.4 Å². The molecule has 0 radical (unpaired) electrons. The Kier molecular flexibility index (Phi) is 4.78. The Balaban J connectivity index is 1.77. The highest BCUT2D eigenvalue weighted by Gasteiger charge is 2.11. The topological polar surface area (TPSA) is 91.8 Å². The van der Waals surface area contributed by atoms with Crippen molar-refractivity contribution < 1.29 is 4.74 Å². The van der Waals surface area contributed by atoms with Crippen LogP contribution in [0.5, 0.6) is 5.75 Å². The van der Waals surface area contributed by atoms with Gasteiger partial charge in [-0.3, -0.25) is 0 Å². The molecule has 0 aromatic carbocycles. The standard InChI is InChI=1S/C17H21N7O/c1-11(2)25-12-7-8-13(19-10-12)15-20-17(23-22-15)21-16-14(24(3)4)6-5-9-18-16/h5-11H,1-4H3,(H2,18,20,21,22,23). The van der Waals surface area contributed by atoms with Crippen LogP contribution in [0.1, 0.15) is 13.8 Å². The van der Waals surface area contributed by atoms with Crippen LogP contribution < -0.4 is 15.0 Å². The molecular formula is C17H21N7O. The van der Waals surface area contributed by atoms with Gasteiger partial charge in [0.25, 0.3) is 0 Å². The fourth-order valence-corrected chi connectivity index (χ4v) is 2.25. The minimum absolute atomic E-state index is 0.108. The normalized spacial score (nSPS) is 10.8. The van der Waals surface area contributed by atoms with Crippen molar-refractivity contribution in [2.45, 2.75) is 20.0 Å². The van der Waals surface area contributed by atoms with Crippen LogP contribution in [0.4, 0.5) is 17.5 Å². The summed E-state index contributed by atoms with van der Waals surface area (Å²) in [5.41, 5.74) is 1.61. The molecule has 0 aliphatic carbocycles. The van der Waals surface area contributed by atoms with E-state index in [4.69, 9.17) is 4.74 Å². The third-order valence-electron chi connectivity index (χ3n) is 3.33. The molecule has 0 fully saturated rings. The molecule has 0 saturated carbocycles. The van der Waals surface area contributed by atoms with E-state index < -0.39 is 0 Å². The summed E-state index contributed by atoms with van der Waals surface area (Å²) in [5, 5.41) is 10.2. The van der Waals surface area contributed by atoms with Crippen molar-refractivity contribution in [1.29, 1.82) is 0 Å². The Morgan fingerprint density at radius 3 is 2.68 bits per heavy atom. The molecule has 130 valence electrons. The van der Waals surface area contributed by atoms with E-state index in [-0.39, 0.29) is 6.10 Å². The number of hydrogen-bond donors (Lipinski definition) is 2. The highest BCUT2D eigenvalue weighted by atomic mass is 16.5. The van der Waals surface area contributed by atoms with Gasteiger partial charge in [0.15, 0.2) is 5.82 Å². The molecule has 25 heavy (non-hydrogen) atoms. The fraction of sp³-hybridized carbons (Fsp3) is 0.294. The van der Waals surface area contributed by atoms with E-state index in [1.165, 1.54) is 0 Å². The predicted molar refractivity (Wildman–Crippen MR) is 97.2 cm³/mol. The number of hydrogen-bond acceptors (Lipinski definition) is 7. The Bertz CT molecular complexity index is 827. The van der Waals surface area contributed by atoms with Crippen LogP contribution in [0.2, 0.25) is 0 Å². The van der Waals surface area contributed by atoms with Crippen molar-refractivity contribution in [3.05, 3.63) is 36.7 Å². The second-order valence-corrected chi connectivity index (χ2v) is 5.94. The summed E-state index contributed by atoms with van der Waals surface area (Å²) in [5.74, 6) is 2.42. The molecule has 3 aromatic heterocycles. The molecule has 0 unspecified atom stereocenters. The zero-order chi connectivity index (χ0) is 17.8. The molecule has 8 heteroatoms. The Labute approximate surface area is 146 Å². The number of H-pyrrole nitrogens is 1. The van der Waals surface area contributed by atoms with E-state index in [0.717, 1.165) is 11.4 Å². The van der Waals surface area contributed by atoms with Gasteiger partial charge in [0.2, 0.25) is 11.8 Å². The molecule has 2 N–H and O–H groups in total. The van der Waals surface area contributed by atoms with Crippen molar-refractivity contribution >= 4 is 17.5 Å². The lowest BCUT2D eigenvalue weighted by Crippen LogP contribution is -2.12. The highest BCUT2D eigenvalue weighted by Crippen LogP contribution is 2.24. The molecule has 3 rings (SSSR count). The number of ether oxygens (including phenoxy) is 1. The molecule has 0 amide bonds. The fourth-order valence-electron chi connectivity index (χ4n) is 2.25. The second-order valence-electron chi connectivity index (χ2n) is 5.94. The maximum absolute atomic E-state index is 5.59. The minimum atomic E-state index is 0.108. The zero-order valence-corrected chi connectivity index (χ0v) is 14.7. The first-order chi connectivity index (χ1) is 12.0. The van der Waals surface area contributed by atoms with Crippen LogP contribution >= 0.6 is 0 Å². The number of aromatic amines is 1. The minimum Gasteiger partial charge on any atom is -0.489 e. The largest absolute Gasteiger partial charge is 0.489 e. The van der Waals surface area contributed by atoms with Crippen molar-refractivity contribution in [2.24, 2.45) is 0 Å². The lowest BCUT2D eigenvalue weighted by atomic mass is 10.3. The number of pyridine rings is 2. The number of nitrogens with zero attached hydrogens (tertiary/aromatic N) is 5. The monoisotopic (exact) mass is 339 g/mol. The van der Waals surface area contributed by atoms with E-state index in [9.17, 15) is 0 Å². The average Bonchev–Trinajstić information content (AvgIpc) is 3.04. The zero-order valence-electron chi connectivity index (χ0n) is 14.7. The molecule has 0 atom stereocenters. The van der Waals surface area contributed by atoms with E-state index in [2.05, 4.69) is 30.5 Å². The van der Waals surface area contributed by atoms with Gasteiger partial charge in [-0.2, -0.15) is 10.1 Å². The number of nitrogens with one attached hydrogen (secondary N) is 2. The summed E-state index contributed by atoms with van der Waals surface area (Å²) in [7, 11) is 3.91. The molecule has 0 bridgehead atoms. The molecule has 0 spiro atoms. The van der Waals surface area contributed by atoms with Crippen LogP contribution in [0.25, 0.3) is 11.5 Å². The average molecular weight is 339 g/mol. The number of rotatable bonds is 6. The second kappa shape index (κ2) is 7.16. The number of anilines is 3. The van der Waals surface area contributed by atoms with Gasteiger partial charge >= 0.3 is 0 Å². The summed E-state index contributed by atoms with van der Waals surface area (Å²) in [6.45, 7) is 3.95. The summed E-state index contributed by atoms with van der Waals surface area (Å²) in [6.07, 6.45) is 3.50. The first-order valence-electron chi connectivity index (χ1n) is 7.98. The quantitative estimate of drug-likeness (QED) is 0.713. The SMILES string of the molecule is CC(C)Oc1ccc(-c2n[nH]c(Nc3ncccc3N(C)C)n2)nc1. The van der Waals surface area contributed by atoms with Gasteiger partial charge in [-0.25, -0.2) is 15.1 Å². The Morgan fingerprint density at radius 2 is 2.00 bits per heavy atom. The molecule has 8 nitrogen and oxygen atoms in total. The maximum atomic E-state index is 5.59. The highest BCUT2D eigenvalue weighted by molar-refractivity contribution is 5.69. The van der Waals surface area contributed by atoms with Gasteiger partial charge in [-0.15, -0.1) is 0 Å². The van der Waals surface area contributed by atoms with Crippen LogP contribution in [-0.4, -0.2) is 45.3 Å². The van der Waals surface area contributed by atoms with Crippen LogP contribution in [-0.2, 0) is 0 Å². The summed E-state index contributed by atoms with van der Waals surface area (Å²) in [6, 6.07) is 7.55. The molecule has 3 heterocycles. The van der Waals surface area contributed by atoms with E-state index in [1.807, 2.05) is 57.1 Å². The molecule has 0 aliphatic rings. The predicted octanol–water partition coefficient (Wildman–Crippen LogP) is 2.86. The summed E-state index contributed by atoms with van der Waals surface area (Å²) >= 11 is 0. The van der Waals surface area contributed by atoms with Crippen molar-refractivity contribution in [2.75, 3.05) is 24.3 Å². The molecule has 3 aromatic rings. The van der Waals surface area contributed by atoms with Crippen LogP contribution in [0.15, 0.2) is 36.7 Å². The molecular weight excluding hydrogens is 318 g/mol. The van der Waals surface area contributed by atoms with E-state index >= 15 is 0 Å². The third-order valence-corrected chi connectivity index (χ3v) is 3.33. The van der Waals surface area contributed by atoms with Gasteiger partial charge < -0.3 is 15.0 Å². The number of aromatic nitrogens is 5. The third kappa shape index (κ3) is 4.03. The summed E-state index contributed by atoms with van der Waals surface area (Å²) < 4.78 is 5.59. The van der Waals surface area contributed by atoms with Gasteiger partial charge in [0, 0.05) is 20.3 Å². The molecule has 0 aliphatic heterocycles. The van der Waals surface area contributed by atoms with Crippen molar-refractivity contribution in [3.63, 3.8) is 0 Å². The Morgan fingerprint density at radius 1 is 1.16 bits per heavy atom. The van der Waals surface area contributed by atoms with Gasteiger partial charge in [0.1, 0.15) is 11.4 Å². The van der Waals surface area contributed by atoms with Crippen LogP contribution in [0, 0.1) is 0 Å². The van der Waals surface area contributed by atoms with Gasteiger partial charge in [-0.05, 0) is 38.1 Å². The summed E-state index contributed by atoms with van der Waals surface area (Å²) in [4.78, 5) is 15.1. The first kappa shape index (κ1) is 16.7. The van der Waals surface area contributed by atoms with Gasteiger partial charge in [0.05, 0.1) is 18.0 Å². The van der Waals surface area contributed by atoms with Gasteiger partial charge in [-0.1, -0.05) is 0 Å². The first-order valence-corrected chi connectivity index (χ1v) is 7.98. The van der Waals surface area contributed by atoms with Crippen LogP contribution in [0.3, 0.4) is 0 Å². The lowest BCUT2D eigenvalue weighted by Gasteiger charge is -2.15. The van der Waals surface area contributed by atoms with Crippen molar-refractivity contribution in [1.82, 2.24) is 25.1 Å². The van der Waals surface area contributed by atoms with Crippen molar-refractivity contribution in [3.8, 4) is 17.3 Å². The molecule has 0 saturated heterocycles.